The summed E-state index contributed by atoms with van der Waals surface area (Å²) in [6.45, 7) is 1.44. The molecule has 1 heterocycles. The molecule has 68 valence electrons. The lowest BCUT2D eigenvalue weighted by Gasteiger charge is -2.01. The molecule has 4 nitrogen and oxygen atoms in total. The summed E-state index contributed by atoms with van der Waals surface area (Å²) in [5, 5.41) is 4.50. The van der Waals surface area contributed by atoms with Crippen LogP contribution < -0.4 is 5.73 Å². The van der Waals surface area contributed by atoms with E-state index in [0.717, 1.165) is 13.0 Å². The first kappa shape index (κ1) is 9.35. The second-order valence-corrected chi connectivity index (χ2v) is 2.82. The van der Waals surface area contributed by atoms with E-state index >= 15 is 0 Å². The number of anilines is 1. The molecule has 0 fully saturated rings. The Kier molecular flexibility index (Phi) is 3.37. The molecule has 0 aliphatic rings. The van der Waals surface area contributed by atoms with Gasteiger partial charge in [-0.25, -0.2) is 0 Å². The predicted molar refractivity (Wildman–Crippen MR) is 48.1 cm³/mol. The van der Waals surface area contributed by atoms with Gasteiger partial charge in [-0.2, -0.15) is 5.10 Å². The van der Waals surface area contributed by atoms with Crippen molar-refractivity contribution in [3.05, 3.63) is 11.3 Å². The Morgan fingerprint density at radius 1 is 1.75 bits per heavy atom. The Morgan fingerprint density at radius 2 is 2.50 bits per heavy atom. The first-order valence-corrected chi connectivity index (χ1v) is 4.09. The summed E-state index contributed by atoms with van der Waals surface area (Å²) in [5.74, 6) is 0. The highest BCUT2D eigenvalue weighted by molar-refractivity contribution is 6.31. The zero-order valence-corrected chi connectivity index (χ0v) is 7.71. The van der Waals surface area contributed by atoms with E-state index in [1.165, 1.54) is 0 Å². The fourth-order valence-corrected chi connectivity index (χ4v) is 1.08. The molecule has 0 saturated heterocycles. The number of nitrogens with two attached hydrogens (primary N) is 1. The normalized spacial score (nSPS) is 10.5. The van der Waals surface area contributed by atoms with Crippen molar-refractivity contribution in [2.45, 2.75) is 13.0 Å². The van der Waals surface area contributed by atoms with Crippen molar-refractivity contribution in [3.63, 3.8) is 0 Å². The van der Waals surface area contributed by atoms with Crippen LogP contribution in [0.5, 0.6) is 0 Å². The lowest BCUT2D eigenvalue weighted by atomic mass is 10.4. The van der Waals surface area contributed by atoms with E-state index < -0.39 is 0 Å². The van der Waals surface area contributed by atoms with Crippen molar-refractivity contribution in [1.29, 1.82) is 0 Å². The topological polar surface area (TPSA) is 53.1 Å². The zero-order chi connectivity index (χ0) is 8.97. The van der Waals surface area contributed by atoms with Gasteiger partial charge in [0.2, 0.25) is 0 Å². The minimum Gasteiger partial charge on any atom is -0.395 e. The second kappa shape index (κ2) is 4.33. The number of rotatable bonds is 4. The van der Waals surface area contributed by atoms with Crippen LogP contribution >= 0.6 is 11.6 Å². The summed E-state index contributed by atoms with van der Waals surface area (Å²) >= 11 is 5.82. The van der Waals surface area contributed by atoms with Gasteiger partial charge in [-0.05, 0) is 6.42 Å². The molecule has 5 heteroatoms. The number of aromatic nitrogens is 2. The summed E-state index contributed by atoms with van der Waals surface area (Å²) in [5.41, 5.74) is 6.02. The average molecular weight is 190 g/mol. The number of aryl methyl sites for hydroxylation is 1. The van der Waals surface area contributed by atoms with Gasteiger partial charge in [-0.1, -0.05) is 11.6 Å². The Morgan fingerprint density at radius 3 is 3.00 bits per heavy atom. The molecule has 0 bridgehead atoms. The van der Waals surface area contributed by atoms with Crippen molar-refractivity contribution in [2.75, 3.05) is 19.5 Å². The SMILES string of the molecule is COCCCn1ncc(N)c1Cl. The largest absolute Gasteiger partial charge is 0.395 e. The Bertz CT molecular complexity index is 249. The zero-order valence-electron chi connectivity index (χ0n) is 6.96. The van der Waals surface area contributed by atoms with E-state index in [4.69, 9.17) is 22.1 Å². The van der Waals surface area contributed by atoms with Crippen molar-refractivity contribution in [2.24, 2.45) is 0 Å². The molecule has 0 unspecified atom stereocenters. The van der Waals surface area contributed by atoms with Crippen LogP contribution in [0.15, 0.2) is 6.20 Å². The van der Waals surface area contributed by atoms with Gasteiger partial charge in [0.25, 0.3) is 0 Å². The molecule has 0 aromatic carbocycles. The number of halogens is 1. The van der Waals surface area contributed by atoms with E-state index in [0.29, 0.717) is 17.4 Å². The van der Waals surface area contributed by atoms with Crippen molar-refractivity contribution >= 4 is 17.3 Å². The quantitative estimate of drug-likeness (QED) is 0.724. The maximum Gasteiger partial charge on any atom is 0.150 e. The highest BCUT2D eigenvalue weighted by Crippen LogP contribution is 2.16. The van der Waals surface area contributed by atoms with Crippen LogP contribution in [-0.4, -0.2) is 23.5 Å². The van der Waals surface area contributed by atoms with Crippen molar-refractivity contribution < 1.29 is 4.74 Å². The summed E-state index contributed by atoms with van der Waals surface area (Å²) in [6.07, 6.45) is 2.44. The Balaban J connectivity index is 2.46. The summed E-state index contributed by atoms with van der Waals surface area (Å²) in [6, 6.07) is 0. The van der Waals surface area contributed by atoms with E-state index in [2.05, 4.69) is 5.10 Å². The van der Waals surface area contributed by atoms with Gasteiger partial charge in [0.1, 0.15) is 5.15 Å². The molecule has 12 heavy (non-hydrogen) atoms. The number of hydrogen-bond acceptors (Lipinski definition) is 3. The highest BCUT2D eigenvalue weighted by atomic mass is 35.5. The van der Waals surface area contributed by atoms with Crippen LogP contribution in [0.3, 0.4) is 0 Å². The molecule has 1 aromatic heterocycles. The van der Waals surface area contributed by atoms with Gasteiger partial charge >= 0.3 is 0 Å². The van der Waals surface area contributed by atoms with Crippen molar-refractivity contribution in [1.82, 2.24) is 9.78 Å². The minimum absolute atomic E-state index is 0.506. The molecule has 0 atom stereocenters. The number of nitrogen functional groups attached to an aromatic ring is 1. The molecular weight excluding hydrogens is 178 g/mol. The lowest BCUT2D eigenvalue weighted by Crippen LogP contribution is -2.03. The van der Waals surface area contributed by atoms with E-state index in [1.807, 2.05) is 0 Å². The molecule has 0 amide bonds. The fraction of sp³-hybridized carbons (Fsp3) is 0.571. The maximum atomic E-state index is 5.82. The monoisotopic (exact) mass is 189 g/mol. The number of hydrogen-bond donors (Lipinski definition) is 1. The van der Waals surface area contributed by atoms with Gasteiger partial charge in [0.15, 0.2) is 0 Å². The average Bonchev–Trinajstić information content (AvgIpc) is 2.36. The Hall–Kier alpha value is -0.740. The van der Waals surface area contributed by atoms with Gasteiger partial charge in [-0.15, -0.1) is 0 Å². The highest BCUT2D eigenvalue weighted by Gasteiger charge is 2.03. The van der Waals surface area contributed by atoms with Crippen molar-refractivity contribution in [3.8, 4) is 0 Å². The molecular formula is C7H12ClN3O. The molecule has 0 radical (unpaired) electrons. The lowest BCUT2D eigenvalue weighted by molar-refractivity contribution is 0.189. The number of nitrogens with zero attached hydrogens (tertiary/aromatic N) is 2. The minimum atomic E-state index is 0.506. The molecule has 0 saturated carbocycles. The van der Waals surface area contributed by atoms with Crippen LogP contribution in [-0.2, 0) is 11.3 Å². The summed E-state index contributed by atoms with van der Waals surface area (Å²) in [7, 11) is 1.67. The third kappa shape index (κ3) is 2.12. The van der Waals surface area contributed by atoms with Crippen LogP contribution in [0.25, 0.3) is 0 Å². The Labute approximate surface area is 76.3 Å². The molecule has 0 aliphatic heterocycles. The first-order chi connectivity index (χ1) is 5.75. The molecule has 1 rings (SSSR count). The van der Waals surface area contributed by atoms with Gasteiger partial charge in [0, 0.05) is 20.3 Å². The number of ether oxygens (including phenoxy) is 1. The standard InChI is InChI=1S/C7H12ClN3O/c1-12-4-2-3-11-7(8)6(9)5-10-11/h5H,2-4,9H2,1H3. The fourth-order valence-electron chi connectivity index (χ4n) is 0.899. The van der Waals surface area contributed by atoms with Crippen LogP contribution in [0.1, 0.15) is 6.42 Å². The maximum absolute atomic E-state index is 5.82. The van der Waals surface area contributed by atoms with E-state index in [1.54, 1.807) is 18.0 Å². The van der Waals surface area contributed by atoms with Gasteiger partial charge < -0.3 is 10.5 Å². The molecule has 0 aliphatic carbocycles. The molecule has 0 spiro atoms. The molecule has 2 N–H and O–H groups in total. The summed E-state index contributed by atoms with van der Waals surface area (Å²) in [4.78, 5) is 0. The van der Waals surface area contributed by atoms with Crippen LogP contribution in [0.2, 0.25) is 5.15 Å². The van der Waals surface area contributed by atoms with E-state index in [-0.39, 0.29) is 0 Å². The van der Waals surface area contributed by atoms with Crippen LogP contribution in [0.4, 0.5) is 5.69 Å². The first-order valence-electron chi connectivity index (χ1n) is 3.71. The smallest absolute Gasteiger partial charge is 0.150 e. The third-order valence-electron chi connectivity index (χ3n) is 1.52. The van der Waals surface area contributed by atoms with E-state index in [9.17, 15) is 0 Å². The van der Waals surface area contributed by atoms with Gasteiger partial charge in [0.05, 0.1) is 11.9 Å². The number of methoxy groups -OCH3 is 1. The third-order valence-corrected chi connectivity index (χ3v) is 1.93. The molecule has 1 aromatic rings. The predicted octanol–water partition coefficient (Wildman–Crippen LogP) is 1.16. The summed E-state index contributed by atoms with van der Waals surface area (Å²) < 4.78 is 6.56. The van der Waals surface area contributed by atoms with Gasteiger partial charge in [-0.3, -0.25) is 4.68 Å². The second-order valence-electron chi connectivity index (χ2n) is 2.46. The van der Waals surface area contributed by atoms with Crippen LogP contribution in [0, 0.1) is 0 Å².